The Bertz CT molecular complexity index is 536. The molecule has 0 saturated carbocycles. The Morgan fingerprint density at radius 1 is 1.41 bits per heavy atom. The van der Waals surface area contributed by atoms with Gasteiger partial charge in [0, 0.05) is 24.9 Å². The molecule has 2 aromatic heterocycles. The van der Waals surface area contributed by atoms with Gasteiger partial charge < -0.3 is 9.84 Å². The van der Waals surface area contributed by atoms with Crippen molar-refractivity contribution in [2.45, 2.75) is 20.5 Å². The van der Waals surface area contributed by atoms with Gasteiger partial charge in [-0.3, -0.25) is 0 Å². The summed E-state index contributed by atoms with van der Waals surface area (Å²) < 4.78 is 7.13. The summed E-state index contributed by atoms with van der Waals surface area (Å²) >= 11 is 0. The topological polar surface area (TPSA) is 73.1 Å². The molecule has 90 valence electrons. The van der Waals surface area contributed by atoms with Crippen LogP contribution in [-0.4, -0.2) is 24.9 Å². The Morgan fingerprint density at radius 2 is 2.18 bits per heavy atom. The van der Waals surface area contributed by atoms with E-state index in [-0.39, 0.29) is 12.6 Å². The van der Waals surface area contributed by atoms with E-state index in [2.05, 4.69) is 15.1 Å². The molecule has 0 spiro atoms. The highest BCUT2D eigenvalue weighted by molar-refractivity contribution is 5.21. The Balaban J connectivity index is 2.24. The molecule has 0 bridgehead atoms. The molecule has 1 N–H and O–H groups in total. The number of rotatable bonds is 3. The van der Waals surface area contributed by atoms with Crippen molar-refractivity contribution in [2.75, 3.05) is 0 Å². The molecular weight excluding hydrogens is 220 g/mol. The van der Waals surface area contributed by atoms with Gasteiger partial charge in [-0.1, -0.05) is 0 Å². The molecule has 0 unspecified atom stereocenters. The van der Waals surface area contributed by atoms with E-state index in [0.29, 0.717) is 17.1 Å². The number of aromatic nitrogens is 4. The van der Waals surface area contributed by atoms with Crippen molar-refractivity contribution in [2.24, 2.45) is 7.05 Å². The molecule has 2 aromatic rings. The summed E-state index contributed by atoms with van der Waals surface area (Å²) in [5.74, 6) is 0.582. The van der Waals surface area contributed by atoms with Gasteiger partial charge in [-0.25, -0.2) is 9.67 Å². The van der Waals surface area contributed by atoms with Crippen LogP contribution in [0.3, 0.4) is 0 Å². The standard InChI is InChI=1S/C11H14N4O2/c1-7-4-10(15(3)14-7)17-11-12-5-9(6-16)8(2)13-11/h4-5,16H,6H2,1-3H3. The third-order valence-electron chi connectivity index (χ3n) is 2.38. The van der Waals surface area contributed by atoms with E-state index in [4.69, 9.17) is 9.84 Å². The second-order valence-electron chi connectivity index (χ2n) is 3.77. The van der Waals surface area contributed by atoms with Crippen molar-refractivity contribution in [3.63, 3.8) is 0 Å². The number of aliphatic hydroxyl groups excluding tert-OH is 1. The minimum atomic E-state index is -0.0725. The average Bonchev–Trinajstić information content (AvgIpc) is 2.58. The van der Waals surface area contributed by atoms with Crippen LogP contribution >= 0.6 is 0 Å². The maximum Gasteiger partial charge on any atom is 0.323 e. The quantitative estimate of drug-likeness (QED) is 0.861. The maximum absolute atomic E-state index is 9.01. The van der Waals surface area contributed by atoms with Gasteiger partial charge in [0.2, 0.25) is 5.88 Å². The van der Waals surface area contributed by atoms with Gasteiger partial charge in [0.05, 0.1) is 18.0 Å². The molecule has 0 amide bonds. The fourth-order valence-corrected chi connectivity index (χ4v) is 1.45. The predicted octanol–water partition coefficient (Wildman–Crippen LogP) is 1.11. The zero-order valence-electron chi connectivity index (χ0n) is 10.0. The SMILES string of the molecule is Cc1cc(Oc2ncc(CO)c(C)n2)n(C)n1. The van der Waals surface area contributed by atoms with Gasteiger partial charge in [0.25, 0.3) is 0 Å². The van der Waals surface area contributed by atoms with Gasteiger partial charge in [-0.2, -0.15) is 10.1 Å². The van der Waals surface area contributed by atoms with E-state index in [1.807, 2.05) is 6.92 Å². The van der Waals surface area contributed by atoms with Gasteiger partial charge in [-0.05, 0) is 13.8 Å². The zero-order valence-corrected chi connectivity index (χ0v) is 10.0. The molecule has 0 aliphatic heterocycles. The number of nitrogens with zero attached hydrogens (tertiary/aromatic N) is 4. The molecule has 0 fully saturated rings. The minimum Gasteiger partial charge on any atom is -0.405 e. The summed E-state index contributed by atoms with van der Waals surface area (Å²) in [5, 5.41) is 13.2. The summed E-state index contributed by atoms with van der Waals surface area (Å²) in [6.07, 6.45) is 1.56. The first-order valence-corrected chi connectivity index (χ1v) is 5.22. The van der Waals surface area contributed by atoms with Crippen LogP contribution in [0, 0.1) is 13.8 Å². The second-order valence-corrected chi connectivity index (χ2v) is 3.77. The van der Waals surface area contributed by atoms with E-state index < -0.39 is 0 Å². The molecule has 0 aliphatic rings. The molecule has 0 aromatic carbocycles. The fraction of sp³-hybridized carbons (Fsp3) is 0.364. The van der Waals surface area contributed by atoms with Crippen molar-refractivity contribution >= 4 is 0 Å². The van der Waals surface area contributed by atoms with Crippen LogP contribution in [0.4, 0.5) is 0 Å². The third kappa shape index (κ3) is 2.42. The third-order valence-corrected chi connectivity index (χ3v) is 2.38. The molecule has 0 radical (unpaired) electrons. The lowest BCUT2D eigenvalue weighted by Gasteiger charge is -2.05. The highest BCUT2D eigenvalue weighted by Gasteiger charge is 2.08. The molecule has 0 aliphatic carbocycles. The molecule has 2 heterocycles. The molecule has 6 nitrogen and oxygen atoms in total. The Kier molecular flexibility index (Phi) is 3.06. The lowest BCUT2D eigenvalue weighted by atomic mass is 10.3. The number of hydrogen-bond donors (Lipinski definition) is 1. The number of ether oxygens (including phenoxy) is 1. The van der Waals surface area contributed by atoms with Gasteiger partial charge in [0.1, 0.15) is 0 Å². The lowest BCUT2D eigenvalue weighted by Crippen LogP contribution is -2.01. The van der Waals surface area contributed by atoms with Crippen LogP contribution in [-0.2, 0) is 13.7 Å². The Hall–Kier alpha value is -1.95. The van der Waals surface area contributed by atoms with E-state index in [1.54, 1.807) is 30.9 Å². The average molecular weight is 234 g/mol. The van der Waals surface area contributed by atoms with Crippen molar-refractivity contribution in [3.05, 3.63) is 29.2 Å². The highest BCUT2D eigenvalue weighted by atomic mass is 16.5. The second kappa shape index (κ2) is 4.50. The van der Waals surface area contributed by atoms with Crippen LogP contribution in [0.1, 0.15) is 17.0 Å². The Morgan fingerprint density at radius 3 is 2.71 bits per heavy atom. The van der Waals surface area contributed by atoms with Crippen LogP contribution in [0.15, 0.2) is 12.3 Å². The van der Waals surface area contributed by atoms with Crippen molar-refractivity contribution in [3.8, 4) is 11.9 Å². The fourth-order valence-electron chi connectivity index (χ4n) is 1.45. The molecule has 0 saturated heterocycles. The van der Waals surface area contributed by atoms with Gasteiger partial charge in [-0.15, -0.1) is 0 Å². The van der Waals surface area contributed by atoms with E-state index in [0.717, 1.165) is 5.69 Å². The van der Waals surface area contributed by atoms with Crippen LogP contribution < -0.4 is 4.74 Å². The lowest BCUT2D eigenvalue weighted by molar-refractivity contribution is 0.279. The normalized spacial score (nSPS) is 10.6. The van der Waals surface area contributed by atoms with Crippen molar-refractivity contribution in [1.29, 1.82) is 0 Å². The van der Waals surface area contributed by atoms with Gasteiger partial charge in [0.15, 0.2) is 0 Å². The number of hydrogen-bond acceptors (Lipinski definition) is 5. The van der Waals surface area contributed by atoms with Crippen molar-refractivity contribution < 1.29 is 9.84 Å². The van der Waals surface area contributed by atoms with Gasteiger partial charge >= 0.3 is 6.01 Å². The van der Waals surface area contributed by atoms with Crippen LogP contribution in [0.2, 0.25) is 0 Å². The smallest absolute Gasteiger partial charge is 0.323 e. The monoisotopic (exact) mass is 234 g/mol. The first-order valence-electron chi connectivity index (χ1n) is 5.22. The minimum absolute atomic E-state index is 0.0725. The molecule has 0 atom stereocenters. The largest absolute Gasteiger partial charge is 0.405 e. The molecular formula is C11H14N4O2. The van der Waals surface area contributed by atoms with E-state index in [1.165, 1.54) is 0 Å². The first kappa shape index (κ1) is 11.5. The summed E-state index contributed by atoms with van der Waals surface area (Å²) in [7, 11) is 1.79. The summed E-state index contributed by atoms with van der Waals surface area (Å²) in [6.45, 7) is 3.61. The molecule has 2 rings (SSSR count). The Labute approximate surface area is 98.9 Å². The maximum atomic E-state index is 9.01. The van der Waals surface area contributed by atoms with Crippen LogP contribution in [0.5, 0.6) is 11.9 Å². The summed E-state index contributed by atoms with van der Waals surface area (Å²) in [5.41, 5.74) is 2.26. The summed E-state index contributed by atoms with van der Waals surface area (Å²) in [6, 6.07) is 2.06. The number of aliphatic hydroxyl groups is 1. The molecule has 17 heavy (non-hydrogen) atoms. The van der Waals surface area contributed by atoms with Crippen molar-refractivity contribution in [1.82, 2.24) is 19.7 Å². The zero-order chi connectivity index (χ0) is 12.4. The highest BCUT2D eigenvalue weighted by Crippen LogP contribution is 2.18. The molecule has 6 heteroatoms. The number of aryl methyl sites for hydroxylation is 3. The van der Waals surface area contributed by atoms with E-state index in [9.17, 15) is 0 Å². The van der Waals surface area contributed by atoms with Crippen LogP contribution in [0.25, 0.3) is 0 Å². The summed E-state index contributed by atoms with van der Waals surface area (Å²) in [4.78, 5) is 8.18. The first-order chi connectivity index (χ1) is 8.10. The predicted molar refractivity (Wildman–Crippen MR) is 60.7 cm³/mol. The van der Waals surface area contributed by atoms with E-state index >= 15 is 0 Å².